The molecule has 0 radical (unpaired) electrons. The second-order valence-corrected chi connectivity index (χ2v) is 10.9. The molecule has 2 saturated heterocycles. The molecule has 2 N–H and O–H groups in total. The Bertz CT molecular complexity index is 1480. The van der Waals surface area contributed by atoms with Gasteiger partial charge in [-0.05, 0) is 105 Å². The van der Waals surface area contributed by atoms with Crippen LogP contribution in [0.25, 0.3) is 10.9 Å². The SMILES string of the molecule is Cc1ccc2c(NCc3ccc(NC(=O)c4ccc(F)cc4)cc3)nc(N3CCC[C@H]3CN3CCCC3)nc2c1. The van der Waals surface area contributed by atoms with E-state index in [-0.39, 0.29) is 11.7 Å². The summed E-state index contributed by atoms with van der Waals surface area (Å²) in [7, 11) is 0. The fourth-order valence-corrected chi connectivity index (χ4v) is 5.74. The number of carbonyl (C=O) groups is 1. The molecule has 0 bridgehead atoms. The molecule has 6 rings (SSSR count). The Labute approximate surface area is 234 Å². The largest absolute Gasteiger partial charge is 0.365 e. The lowest BCUT2D eigenvalue weighted by molar-refractivity contribution is 0.102. The molecule has 40 heavy (non-hydrogen) atoms. The maximum atomic E-state index is 13.2. The molecule has 1 amide bonds. The minimum absolute atomic E-state index is 0.272. The van der Waals surface area contributed by atoms with E-state index in [1.165, 1.54) is 68.6 Å². The predicted octanol–water partition coefficient (Wildman–Crippen LogP) is 6.01. The van der Waals surface area contributed by atoms with Gasteiger partial charge >= 0.3 is 0 Å². The monoisotopic (exact) mass is 538 g/mol. The molecule has 7 nitrogen and oxygen atoms in total. The number of aryl methyl sites for hydroxylation is 1. The fourth-order valence-electron chi connectivity index (χ4n) is 5.74. The molecule has 2 fully saturated rings. The molecular formula is C32H35FN6O. The molecule has 0 aliphatic carbocycles. The Morgan fingerprint density at radius 2 is 1.73 bits per heavy atom. The van der Waals surface area contributed by atoms with Gasteiger partial charge in [0.2, 0.25) is 5.95 Å². The fraction of sp³-hybridized carbons (Fsp3) is 0.344. The summed E-state index contributed by atoms with van der Waals surface area (Å²) in [5.41, 5.74) is 4.29. The van der Waals surface area contributed by atoms with E-state index < -0.39 is 0 Å². The van der Waals surface area contributed by atoms with E-state index in [1.54, 1.807) is 0 Å². The molecule has 4 aromatic rings. The van der Waals surface area contributed by atoms with Crippen LogP contribution >= 0.6 is 0 Å². The smallest absolute Gasteiger partial charge is 0.255 e. The van der Waals surface area contributed by atoms with Crippen molar-refractivity contribution in [3.63, 3.8) is 0 Å². The van der Waals surface area contributed by atoms with Crippen LogP contribution in [-0.2, 0) is 6.54 Å². The Balaban J connectivity index is 1.17. The number of rotatable bonds is 8. The number of benzene rings is 3. The molecular weight excluding hydrogens is 503 g/mol. The lowest BCUT2D eigenvalue weighted by atomic mass is 10.1. The first-order valence-electron chi connectivity index (χ1n) is 14.2. The van der Waals surface area contributed by atoms with Crippen molar-refractivity contribution in [2.45, 2.75) is 45.2 Å². The zero-order valence-corrected chi connectivity index (χ0v) is 22.9. The summed E-state index contributed by atoms with van der Waals surface area (Å²) in [5, 5.41) is 7.43. The minimum Gasteiger partial charge on any atom is -0.365 e. The summed E-state index contributed by atoms with van der Waals surface area (Å²) >= 11 is 0. The van der Waals surface area contributed by atoms with E-state index in [1.807, 2.05) is 24.3 Å². The van der Waals surface area contributed by atoms with E-state index >= 15 is 0 Å². The maximum absolute atomic E-state index is 13.2. The number of nitrogens with one attached hydrogen (secondary N) is 2. The normalized spacial score (nSPS) is 17.4. The average Bonchev–Trinajstić information content (AvgIpc) is 3.65. The molecule has 0 spiro atoms. The van der Waals surface area contributed by atoms with Crippen molar-refractivity contribution in [3.8, 4) is 0 Å². The van der Waals surface area contributed by atoms with Crippen LogP contribution in [0.2, 0.25) is 0 Å². The quantitative estimate of drug-likeness (QED) is 0.286. The van der Waals surface area contributed by atoms with Gasteiger partial charge in [-0.3, -0.25) is 4.79 Å². The zero-order valence-electron chi connectivity index (χ0n) is 22.9. The second kappa shape index (κ2) is 11.6. The Hall–Kier alpha value is -4.04. The highest BCUT2D eigenvalue weighted by molar-refractivity contribution is 6.04. The van der Waals surface area contributed by atoms with Crippen LogP contribution in [0.1, 0.15) is 47.2 Å². The lowest BCUT2D eigenvalue weighted by Gasteiger charge is -2.29. The predicted molar refractivity (Wildman–Crippen MR) is 158 cm³/mol. The number of hydrogen-bond acceptors (Lipinski definition) is 6. The Morgan fingerprint density at radius 1 is 0.950 bits per heavy atom. The number of carbonyl (C=O) groups excluding carboxylic acids is 1. The van der Waals surface area contributed by atoms with Crippen molar-refractivity contribution in [2.75, 3.05) is 41.7 Å². The van der Waals surface area contributed by atoms with E-state index in [4.69, 9.17) is 9.97 Å². The molecule has 2 aliphatic heterocycles. The van der Waals surface area contributed by atoms with E-state index in [9.17, 15) is 9.18 Å². The number of likely N-dealkylation sites (tertiary alicyclic amines) is 1. The third-order valence-electron chi connectivity index (χ3n) is 7.92. The summed E-state index contributed by atoms with van der Waals surface area (Å²) < 4.78 is 13.2. The number of hydrogen-bond donors (Lipinski definition) is 2. The number of fused-ring (bicyclic) bond motifs is 1. The lowest BCUT2D eigenvalue weighted by Crippen LogP contribution is -2.40. The summed E-state index contributed by atoms with van der Waals surface area (Å²) in [6, 6.07) is 20.0. The van der Waals surface area contributed by atoms with Gasteiger partial charge in [0.15, 0.2) is 0 Å². The van der Waals surface area contributed by atoms with Crippen LogP contribution in [0, 0.1) is 12.7 Å². The highest BCUT2D eigenvalue weighted by atomic mass is 19.1. The molecule has 8 heteroatoms. The highest BCUT2D eigenvalue weighted by Gasteiger charge is 2.30. The van der Waals surface area contributed by atoms with Gasteiger partial charge in [-0.15, -0.1) is 0 Å². The maximum Gasteiger partial charge on any atom is 0.255 e. The first-order valence-corrected chi connectivity index (χ1v) is 14.2. The summed E-state index contributed by atoms with van der Waals surface area (Å²) in [6.07, 6.45) is 4.95. The standard InChI is InChI=1S/C32H35FN6O/c1-22-6-15-28-29(19-22)36-32(39-18-4-5-27(39)21-38-16-2-3-17-38)37-30(28)34-20-23-7-13-26(14-8-23)35-31(40)24-9-11-25(33)12-10-24/h6-15,19,27H,2-5,16-18,20-21H2,1H3,(H,35,40)(H,34,36,37)/t27-/m0/s1. The molecule has 2 aliphatic rings. The molecule has 206 valence electrons. The third kappa shape index (κ3) is 5.92. The molecule has 0 saturated carbocycles. The molecule has 3 heterocycles. The number of aromatic nitrogens is 2. The first-order chi connectivity index (χ1) is 19.5. The minimum atomic E-state index is -0.366. The van der Waals surface area contributed by atoms with E-state index in [0.717, 1.165) is 41.3 Å². The Kier molecular flexibility index (Phi) is 7.60. The van der Waals surface area contributed by atoms with Crippen LogP contribution in [0.15, 0.2) is 66.7 Å². The highest BCUT2D eigenvalue weighted by Crippen LogP contribution is 2.30. The van der Waals surface area contributed by atoms with Crippen molar-refractivity contribution < 1.29 is 9.18 Å². The van der Waals surface area contributed by atoms with Crippen molar-refractivity contribution in [3.05, 3.63) is 89.2 Å². The van der Waals surface area contributed by atoms with Gasteiger partial charge in [-0.25, -0.2) is 9.37 Å². The topological polar surface area (TPSA) is 73.4 Å². The third-order valence-corrected chi connectivity index (χ3v) is 7.92. The van der Waals surface area contributed by atoms with Gasteiger partial charge in [-0.2, -0.15) is 4.98 Å². The van der Waals surface area contributed by atoms with Gasteiger partial charge in [0, 0.05) is 42.3 Å². The van der Waals surface area contributed by atoms with Gasteiger partial charge in [0.05, 0.1) is 5.52 Å². The average molecular weight is 539 g/mol. The summed E-state index contributed by atoms with van der Waals surface area (Å²) in [4.78, 5) is 27.5. The van der Waals surface area contributed by atoms with Crippen LogP contribution in [0.3, 0.4) is 0 Å². The van der Waals surface area contributed by atoms with Gasteiger partial charge < -0.3 is 20.4 Å². The number of halogens is 1. The number of anilines is 3. The number of amides is 1. The van der Waals surface area contributed by atoms with Crippen molar-refractivity contribution >= 4 is 34.3 Å². The Morgan fingerprint density at radius 3 is 2.50 bits per heavy atom. The molecule has 1 atom stereocenters. The van der Waals surface area contributed by atoms with Gasteiger partial charge in [-0.1, -0.05) is 18.2 Å². The van der Waals surface area contributed by atoms with E-state index in [0.29, 0.717) is 23.8 Å². The van der Waals surface area contributed by atoms with Gasteiger partial charge in [0.1, 0.15) is 11.6 Å². The first kappa shape index (κ1) is 26.2. The molecule has 0 unspecified atom stereocenters. The second-order valence-electron chi connectivity index (χ2n) is 10.9. The van der Waals surface area contributed by atoms with E-state index in [2.05, 4.69) is 45.6 Å². The zero-order chi connectivity index (χ0) is 27.5. The van der Waals surface area contributed by atoms with Crippen LogP contribution < -0.4 is 15.5 Å². The molecule has 1 aromatic heterocycles. The summed E-state index contributed by atoms with van der Waals surface area (Å²) in [6.45, 7) is 7.15. The number of nitrogens with zero attached hydrogens (tertiary/aromatic N) is 4. The van der Waals surface area contributed by atoms with Crippen LogP contribution in [0.4, 0.5) is 21.8 Å². The molecule has 3 aromatic carbocycles. The van der Waals surface area contributed by atoms with Gasteiger partial charge in [0.25, 0.3) is 5.91 Å². The summed E-state index contributed by atoms with van der Waals surface area (Å²) in [5.74, 6) is 1.00. The van der Waals surface area contributed by atoms with Crippen molar-refractivity contribution in [2.24, 2.45) is 0 Å². The van der Waals surface area contributed by atoms with Crippen LogP contribution in [0.5, 0.6) is 0 Å². The van der Waals surface area contributed by atoms with Crippen molar-refractivity contribution in [1.82, 2.24) is 14.9 Å². The van der Waals surface area contributed by atoms with Crippen molar-refractivity contribution in [1.29, 1.82) is 0 Å². The van der Waals surface area contributed by atoms with Crippen LogP contribution in [-0.4, -0.2) is 53.0 Å².